The van der Waals surface area contributed by atoms with Gasteiger partial charge in [-0.1, -0.05) is 38.3 Å². The molecule has 4 rings (SSSR count). The van der Waals surface area contributed by atoms with Gasteiger partial charge in [0.25, 0.3) is 0 Å². The zero-order valence-electron chi connectivity index (χ0n) is 20.6. The summed E-state index contributed by atoms with van der Waals surface area (Å²) in [6, 6.07) is 18.6. The van der Waals surface area contributed by atoms with Crippen LogP contribution in [0.25, 0.3) is 21.9 Å². The minimum absolute atomic E-state index is 0. The van der Waals surface area contributed by atoms with Crippen molar-refractivity contribution in [2.75, 3.05) is 14.2 Å². The molecule has 0 heterocycles. The van der Waals surface area contributed by atoms with Gasteiger partial charge in [-0.2, -0.15) is 11.1 Å². The molecule has 2 radical (unpaired) electrons. The van der Waals surface area contributed by atoms with E-state index in [1.165, 1.54) is 56.4 Å². The van der Waals surface area contributed by atoms with E-state index in [0.717, 1.165) is 17.1 Å². The normalized spacial score (nSPS) is 14.0. The van der Waals surface area contributed by atoms with E-state index in [9.17, 15) is 0 Å². The van der Waals surface area contributed by atoms with Crippen LogP contribution in [0.15, 0.2) is 71.3 Å². The summed E-state index contributed by atoms with van der Waals surface area (Å²) in [5.74, 6) is 2.17. The predicted octanol–water partition coefficient (Wildman–Crippen LogP) is 7.48. The molecule has 32 heavy (non-hydrogen) atoms. The molecule has 3 aromatic rings. The SMILES string of the molecule is CC1=[C-]C(C)C(C)=C1C.COc1cc(OC)cc(-c2c[cH-]c3ccccc23)c1.[CH3-].[CH3-].[Si]=[Zr]. The van der Waals surface area contributed by atoms with Gasteiger partial charge in [-0.15, -0.1) is 53.6 Å². The van der Waals surface area contributed by atoms with E-state index in [4.69, 9.17) is 9.47 Å². The van der Waals surface area contributed by atoms with Gasteiger partial charge in [-0.05, 0) is 12.1 Å². The second-order valence-corrected chi connectivity index (χ2v) is 7.23. The Hall–Kier alpha value is -1.77. The first kappa shape index (κ1) is 30.2. The van der Waals surface area contributed by atoms with E-state index in [2.05, 4.69) is 77.0 Å². The molecule has 0 aliphatic heterocycles. The van der Waals surface area contributed by atoms with Gasteiger partial charge >= 0.3 is 30.2 Å². The zero-order chi connectivity index (χ0) is 22.3. The van der Waals surface area contributed by atoms with Gasteiger partial charge in [0.15, 0.2) is 0 Å². The molecule has 1 unspecified atom stereocenters. The molecule has 2 nitrogen and oxygen atoms in total. The molecule has 0 saturated carbocycles. The molecule has 0 amide bonds. The van der Waals surface area contributed by atoms with E-state index in [0.29, 0.717) is 5.92 Å². The van der Waals surface area contributed by atoms with E-state index in [1.54, 1.807) is 14.2 Å². The summed E-state index contributed by atoms with van der Waals surface area (Å²) in [6.45, 7) is 11.7. The monoisotopic (exact) mass is 520 g/mol. The van der Waals surface area contributed by atoms with Crippen LogP contribution < -0.4 is 9.47 Å². The topological polar surface area (TPSA) is 18.5 Å². The summed E-state index contributed by atoms with van der Waals surface area (Å²) in [4.78, 5) is 0. The molecule has 0 spiro atoms. The third-order valence-electron chi connectivity index (χ3n) is 5.58. The number of hydrogen-bond acceptors (Lipinski definition) is 2. The Kier molecular flexibility index (Phi) is 13.6. The molecule has 0 bridgehead atoms. The Labute approximate surface area is 212 Å². The van der Waals surface area contributed by atoms with Gasteiger partial charge < -0.3 is 24.3 Å². The fraction of sp³-hybridized carbons (Fsp3) is 0.250. The Bertz CT molecular complexity index is 1040. The van der Waals surface area contributed by atoms with Crippen molar-refractivity contribution >= 4 is 17.7 Å². The standard InChI is InChI=1S/C17H15O2.C9H13.2CH3.Si.Zr/c1-18-14-9-13(10-15(11-14)19-2)17-8-7-12-5-3-4-6-16(12)17;1-6-5-7(2)9(4)8(6)3;;;;/h3-11H,1-2H3;6H,1-4H3;2*1H3;;/q4*-1;;. The molecule has 0 aromatic heterocycles. The third-order valence-corrected chi connectivity index (χ3v) is 5.58. The fourth-order valence-electron chi connectivity index (χ4n) is 3.53. The van der Waals surface area contributed by atoms with Gasteiger partial charge in [-0.25, -0.2) is 5.57 Å². The minimum atomic E-state index is 0. The summed E-state index contributed by atoms with van der Waals surface area (Å²) in [5.41, 5.74) is 6.56. The second-order valence-electron chi connectivity index (χ2n) is 7.23. The van der Waals surface area contributed by atoms with Crippen molar-refractivity contribution in [1.82, 2.24) is 0 Å². The van der Waals surface area contributed by atoms with E-state index in [-0.39, 0.29) is 14.9 Å². The number of rotatable bonds is 3. The Morgan fingerprint density at radius 2 is 1.50 bits per heavy atom. The van der Waals surface area contributed by atoms with Crippen LogP contribution in [0, 0.1) is 26.8 Å². The van der Waals surface area contributed by atoms with Crippen LogP contribution in [0.2, 0.25) is 0 Å². The third kappa shape index (κ3) is 7.12. The zero-order valence-corrected chi connectivity index (χ0v) is 24.0. The summed E-state index contributed by atoms with van der Waals surface area (Å²) in [6.07, 6.45) is 3.36. The second kappa shape index (κ2) is 14.4. The van der Waals surface area contributed by atoms with Crippen LogP contribution in [0.4, 0.5) is 0 Å². The summed E-state index contributed by atoms with van der Waals surface area (Å²) < 4.78 is 10.7. The van der Waals surface area contributed by atoms with E-state index in [1.807, 2.05) is 18.2 Å². The van der Waals surface area contributed by atoms with Crippen molar-refractivity contribution in [2.24, 2.45) is 5.92 Å². The molecule has 0 saturated heterocycles. The maximum absolute atomic E-state index is 5.33. The number of hydrogen-bond donors (Lipinski definition) is 0. The first-order chi connectivity index (χ1) is 14.4. The molecule has 0 N–H and O–H groups in total. The van der Waals surface area contributed by atoms with Crippen molar-refractivity contribution in [3.05, 3.63) is 92.2 Å². The number of fused-ring (bicyclic) bond motifs is 1. The van der Waals surface area contributed by atoms with Gasteiger partial charge in [0.2, 0.25) is 0 Å². The summed E-state index contributed by atoms with van der Waals surface area (Å²) in [7, 11) is 3.34. The Balaban J connectivity index is 0.000000632. The van der Waals surface area contributed by atoms with E-state index >= 15 is 0 Å². The molecule has 1 atom stereocenters. The van der Waals surface area contributed by atoms with Crippen molar-refractivity contribution in [3.8, 4) is 22.6 Å². The van der Waals surface area contributed by atoms with Gasteiger partial charge in [-0.3, -0.25) is 6.08 Å². The Morgan fingerprint density at radius 3 is 1.94 bits per heavy atom. The van der Waals surface area contributed by atoms with Crippen molar-refractivity contribution in [1.29, 1.82) is 0 Å². The molecule has 1 aliphatic rings. The predicted molar refractivity (Wildman–Crippen MR) is 137 cm³/mol. The molecule has 3 aromatic carbocycles. The van der Waals surface area contributed by atoms with E-state index < -0.39 is 0 Å². The molecule has 1 aliphatic carbocycles. The molecule has 170 valence electrons. The fourth-order valence-corrected chi connectivity index (χ4v) is 3.53. The van der Waals surface area contributed by atoms with Crippen molar-refractivity contribution < 1.29 is 32.8 Å². The van der Waals surface area contributed by atoms with Crippen molar-refractivity contribution in [2.45, 2.75) is 27.7 Å². The molecule has 0 fully saturated rings. The molecule has 4 heteroatoms. The maximum atomic E-state index is 5.33. The average molecular weight is 522 g/mol. The number of benzene rings is 2. The Morgan fingerprint density at radius 1 is 0.938 bits per heavy atom. The molecular weight excluding hydrogens is 488 g/mol. The van der Waals surface area contributed by atoms with Crippen molar-refractivity contribution in [3.63, 3.8) is 0 Å². The van der Waals surface area contributed by atoms with Gasteiger partial charge in [0.05, 0.1) is 14.2 Å². The van der Waals surface area contributed by atoms with Crippen LogP contribution in [0.5, 0.6) is 11.5 Å². The van der Waals surface area contributed by atoms with Crippen LogP contribution in [0.3, 0.4) is 0 Å². The quantitative estimate of drug-likeness (QED) is 0.263. The van der Waals surface area contributed by atoms with Crippen LogP contribution in [-0.2, 0) is 23.3 Å². The van der Waals surface area contributed by atoms with Crippen LogP contribution in [0.1, 0.15) is 27.7 Å². The number of allylic oxidation sites excluding steroid dienone is 4. The van der Waals surface area contributed by atoms with Crippen LogP contribution >= 0.6 is 0 Å². The first-order valence-electron chi connectivity index (χ1n) is 9.85. The van der Waals surface area contributed by atoms with Crippen LogP contribution in [-0.4, -0.2) is 21.1 Å². The summed E-state index contributed by atoms with van der Waals surface area (Å²) >= 11 is 1.36. The van der Waals surface area contributed by atoms with Gasteiger partial charge in [0, 0.05) is 6.07 Å². The van der Waals surface area contributed by atoms with Gasteiger partial charge in [0.1, 0.15) is 11.5 Å². The average Bonchev–Trinajstić information content (AvgIpc) is 3.32. The number of ether oxygens (including phenoxy) is 2. The summed E-state index contributed by atoms with van der Waals surface area (Å²) in [5, 5.41) is 2.50. The molecular formula is C28H34O2SiZr-4. The number of methoxy groups -OCH3 is 2. The first-order valence-corrected chi connectivity index (χ1v) is 14.0.